The van der Waals surface area contributed by atoms with Crippen LogP contribution in [0.2, 0.25) is 0 Å². The summed E-state index contributed by atoms with van der Waals surface area (Å²) >= 11 is 0. The summed E-state index contributed by atoms with van der Waals surface area (Å²) in [5, 5.41) is 4.17. The lowest BCUT2D eigenvalue weighted by Gasteiger charge is -1.98. The number of aromatic nitrogens is 2. The van der Waals surface area contributed by atoms with Crippen molar-refractivity contribution in [3.63, 3.8) is 0 Å². The van der Waals surface area contributed by atoms with Crippen LogP contribution in [-0.2, 0) is 11.3 Å². The number of nitrogens with zero attached hydrogens (tertiary/aromatic N) is 2. The molecule has 0 aliphatic rings. The molecule has 14 heavy (non-hydrogen) atoms. The van der Waals surface area contributed by atoms with E-state index < -0.39 is 0 Å². The van der Waals surface area contributed by atoms with Gasteiger partial charge in [-0.2, -0.15) is 5.10 Å². The van der Waals surface area contributed by atoms with Gasteiger partial charge in [0, 0.05) is 7.62 Å². The van der Waals surface area contributed by atoms with Crippen LogP contribution in [0, 0.1) is 0 Å². The second kappa shape index (κ2) is 6.18. The number of carbonyl (C=O) groups excluding carboxylic acids is 1. The third kappa shape index (κ3) is 4.07. The van der Waals surface area contributed by atoms with Crippen molar-refractivity contribution in [3.8, 4) is 0 Å². The molecule has 0 aliphatic carbocycles. The fourth-order valence-electron chi connectivity index (χ4n) is 0.933. The van der Waals surface area contributed by atoms with Crippen LogP contribution < -0.4 is 5.73 Å². The maximum Gasteiger partial charge on any atom is 0.239 e. The SMILES string of the molecule is CC.CC(C)c1ccn(CC(N)=O)n1.[HH]. The molecule has 0 atom stereocenters. The molecule has 0 aliphatic heterocycles. The average Bonchev–Trinajstić information content (AvgIpc) is 2.55. The van der Waals surface area contributed by atoms with Crippen LogP contribution in [0.15, 0.2) is 12.3 Å². The Balaban J connectivity index is 0. The predicted molar refractivity (Wildman–Crippen MR) is 59.0 cm³/mol. The smallest absolute Gasteiger partial charge is 0.239 e. The molecular formula is C10H21N3O. The summed E-state index contributed by atoms with van der Waals surface area (Å²) in [6, 6.07) is 1.90. The lowest BCUT2D eigenvalue weighted by molar-refractivity contribution is -0.118. The van der Waals surface area contributed by atoms with Crippen LogP contribution in [0.5, 0.6) is 0 Å². The molecule has 4 nitrogen and oxygen atoms in total. The summed E-state index contributed by atoms with van der Waals surface area (Å²) < 4.78 is 1.55. The fraction of sp³-hybridized carbons (Fsp3) is 0.600. The minimum atomic E-state index is -0.367. The normalized spacial score (nSPS) is 9.50. The second-order valence-corrected chi connectivity index (χ2v) is 3.06. The van der Waals surface area contributed by atoms with Gasteiger partial charge in [0.25, 0.3) is 0 Å². The number of hydrogen-bond donors (Lipinski definition) is 1. The highest BCUT2D eigenvalue weighted by molar-refractivity contribution is 5.73. The highest BCUT2D eigenvalue weighted by Crippen LogP contribution is 2.09. The first-order valence-corrected chi connectivity index (χ1v) is 4.91. The molecule has 0 saturated carbocycles. The van der Waals surface area contributed by atoms with E-state index in [0.717, 1.165) is 5.69 Å². The van der Waals surface area contributed by atoms with E-state index in [-0.39, 0.29) is 13.9 Å². The Morgan fingerprint density at radius 2 is 2.21 bits per heavy atom. The van der Waals surface area contributed by atoms with Gasteiger partial charge in [-0.15, -0.1) is 0 Å². The van der Waals surface area contributed by atoms with E-state index in [0.29, 0.717) is 5.92 Å². The molecule has 0 unspecified atom stereocenters. The zero-order valence-electron chi connectivity index (χ0n) is 9.32. The Hall–Kier alpha value is -1.32. The lowest BCUT2D eigenvalue weighted by atomic mass is 10.1. The van der Waals surface area contributed by atoms with Crippen molar-refractivity contribution in [1.82, 2.24) is 9.78 Å². The first-order chi connectivity index (χ1) is 6.59. The number of nitrogens with two attached hydrogens (primary N) is 1. The standard InChI is InChI=1S/C8H13N3O.C2H6.H2/c1-6(2)7-3-4-11(10-7)5-8(9)12;1-2;/h3-4,6H,5H2,1-2H3,(H2,9,12);1-2H3;1H. The first-order valence-electron chi connectivity index (χ1n) is 4.91. The van der Waals surface area contributed by atoms with Crippen molar-refractivity contribution < 1.29 is 6.22 Å². The summed E-state index contributed by atoms with van der Waals surface area (Å²) in [7, 11) is 0. The molecule has 82 valence electrons. The molecule has 0 saturated heterocycles. The van der Waals surface area contributed by atoms with E-state index >= 15 is 0 Å². The molecule has 4 heteroatoms. The predicted octanol–water partition coefficient (Wildman–Crippen LogP) is 1.76. The first kappa shape index (κ1) is 12.7. The molecule has 0 fully saturated rings. The summed E-state index contributed by atoms with van der Waals surface area (Å²) in [6.45, 7) is 8.26. The Labute approximate surface area is 86.6 Å². The fourth-order valence-corrected chi connectivity index (χ4v) is 0.933. The minimum absolute atomic E-state index is 0. The van der Waals surface area contributed by atoms with Gasteiger partial charge in [-0.25, -0.2) is 0 Å². The van der Waals surface area contributed by atoms with E-state index in [1.807, 2.05) is 19.9 Å². The molecule has 1 amide bonds. The van der Waals surface area contributed by atoms with Gasteiger partial charge in [0.05, 0.1) is 5.69 Å². The Morgan fingerprint density at radius 3 is 2.57 bits per heavy atom. The van der Waals surface area contributed by atoms with Crippen LogP contribution in [0.1, 0.15) is 40.7 Å². The monoisotopic (exact) mass is 199 g/mol. The van der Waals surface area contributed by atoms with E-state index in [9.17, 15) is 4.79 Å². The van der Waals surface area contributed by atoms with Gasteiger partial charge < -0.3 is 5.73 Å². The molecule has 1 rings (SSSR count). The van der Waals surface area contributed by atoms with Crippen LogP contribution in [-0.4, -0.2) is 15.7 Å². The molecule has 0 radical (unpaired) electrons. The van der Waals surface area contributed by atoms with Crippen LogP contribution in [0.3, 0.4) is 0 Å². The Bertz CT molecular complexity index is 284. The zero-order valence-corrected chi connectivity index (χ0v) is 9.32. The summed E-state index contributed by atoms with van der Waals surface area (Å²) in [4.78, 5) is 10.5. The maximum atomic E-state index is 10.5. The summed E-state index contributed by atoms with van der Waals surface area (Å²) in [5.41, 5.74) is 5.99. The number of amides is 1. The van der Waals surface area contributed by atoms with Gasteiger partial charge in [-0.1, -0.05) is 27.7 Å². The van der Waals surface area contributed by atoms with E-state index in [2.05, 4.69) is 18.9 Å². The van der Waals surface area contributed by atoms with E-state index in [1.165, 1.54) is 0 Å². The molecule has 1 aromatic heterocycles. The van der Waals surface area contributed by atoms with Crippen molar-refractivity contribution in [1.29, 1.82) is 0 Å². The highest BCUT2D eigenvalue weighted by Gasteiger charge is 2.03. The van der Waals surface area contributed by atoms with Gasteiger partial charge in [0.1, 0.15) is 6.54 Å². The number of carbonyl (C=O) groups is 1. The van der Waals surface area contributed by atoms with Crippen LogP contribution >= 0.6 is 0 Å². The Kier molecular flexibility index (Phi) is 5.60. The number of rotatable bonds is 3. The van der Waals surface area contributed by atoms with Gasteiger partial charge in [-0.3, -0.25) is 9.48 Å². The van der Waals surface area contributed by atoms with Gasteiger partial charge in [0.2, 0.25) is 5.91 Å². The molecule has 2 N–H and O–H groups in total. The van der Waals surface area contributed by atoms with Gasteiger partial charge >= 0.3 is 0 Å². The van der Waals surface area contributed by atoms with E-state index in [4.69, 9.17) is 5.73 Å². The van der Waals surface area contributed by atoms with Crippen molar-refractivity contribution in [2.75, 3.05) is 0 Å². The number of primary amides is 1. The quantitative estimate of drug-likeness (QED) is 0.806. The third-order valence-electron chi connectivity index (χ3n) is 1.57. The molecule has 0 spiro atoms. The molecule has 1 heterocycles. The molecule has 1 aromatic rings. The van der Waals surface area contributed by atoms with Gasteiger partial charge in [-0.05, 0) is 12.0 Å². The van der Waals surface area contributed by atoms with Crippen molar-refractivity contribution in [2.45, 2.75) is 40.2 Å². The molecular weight excluding hydrogens is 178 g/mol. The second-order valence-electron chi connectivity index (χ2n) is 3.06. The van der Waals surface area contributed by atoms with E-state index in [1.54, 1.807) is 10.9 Å². The highest BCUT2D eigenvalue weighted by atomic mass is 16.1. The largest absolute Gasteiger partial charge is 0.368 e. The van der Waals surface area contributed by atoms with Crippen molar-refractivity contribution in [2.24, 2.45) is 5.73 Å². The van der Waals surface area contributed by atoms with Gasteiger partial charge in [0.15, 0.2) is 0 Å². The molecule has 0 bridgehead atoms. The van der Waals surface area contributed by atoms with Crippen LogP contribution in [0.4, 0.5) is 0 Å². The lowest BCUT2D eigenvalue weighted by Crippen LogP contribution is -2.19. The number of hydrogen-bond acceptors (Lipinski definition) is 2. The van der Waals surface area contributed by atoms with Crippen LogP contribution in [0.25, 0.3) is 0 Å². The Morgan fingerprint density at radius 1 is 1.64 bits per heavy atom. The average molecular weight is 199 g/mol. The topological polar surface area (TPSA) is 60.9 Å². The summed E-state index contributed by atoms with van der Waals surface area (Å²) in [6.07, 6.45) is 1.76. The molecule has 0 aromatic carbocycles. The maximum absolute atomic E-state index is 10.5. The van der Waals surface area contributed by atoms with Crippen molar-refractivity contribution in [3.05, 3.63) is 18.0 Å². The third-order valence-corrected chi connectivity index (χ3v) is 1.57. The summed E-state index contributed by atoms with van der Waals surface area (Å²) in [5.74, 6) is 0.0209. The van der Waals surface area contributed by atoms with Crippen molar-refractivity contribution >= 4 is 5.91 Å². The minimum Gasteiger partial charge on any atom is -0.368 e. The zero-order chi connectivity index (χ0) is 11.1.